The Morgan fingerprint density at radius 2 is 2.27 bits per heavy atom. The van der Waals surface area contributed by atoms with E-state index in [0.717, 1.165) is 0 Å². The first kappa shape index (κ1) is 8.50. The van der Waals surface area contributed by atoms with Crippen molar-refractivity contribution in [2.24, 2.45) is 0 Å². The summed E-state index contributed by atoms with van der Waals surface area (Å²) in [6.07, 6.45) is 0. The van der Waals surface area contributed by atoms with Gasteiger partial charge in [0.1, 0.15) is 5.82 Å². The molecular weight excluding hydrogens is 167 g/mol. The highest BCUT2D eigenvalue weighted by Crippen LogP contribution is 2.17. The molecule has 0 unspecified atom stereocenters. The lowest BCUT2D eigenvalue weighted by Crippen LogP contribution is -1.92. The zero-order valence-corrected chi connectivity index (χ0v) is 6.86. The number of benzene rings is 1. The lowest BCUT2D eigenvalue weighted by atomic mass is 10.2. The first-order valence-electron chi connectivity index (χ1n) is 3.17. The van der Waals surface area contributed by atoms with E-state index in [1.54, 1.807) is 12.1 Å². The lowest BCUT2D eigenvalue weighted by Gasteiger charge is -2.01. The number of hydrogen-bond acceptors (Lipinski definition) is 1. The largest absolute Gasteiger partial charge is 0.380 e. The molecular formula is C8H8ClFO. The van der Waals surface area contributed by atoms with Gasteiger partial charge in [-0.15, -0.1) is 0 Å². The molecule has 0 amide bonds. The molecule has 0 bridgehead atoms. The van der Waals surface area contributed by atoms with Crippen LogP contribution in [0.25, 0.3) is 0 Å². The molecule has 1 aromatic carbocycles. The van der Waals surface area contributed by atoms with Crippen LogP contribution in [0.2, 0.25) is 5.02 Å². The van der Waals surface area contributed by atoms with Gasteiger partial charge in [0.2, 0.25) is 0 Å². The first-order valence-corrected chi connectivity index (χ1v) is 3.55. The Hall–Kier alpha value is -0.600. The highest BCUT2D eigenvalue weighted by Gasteiger charge is 2.04. The minimum atomic E-state index is -0.393. The number of halogens is 2. The Labute approximate surface area is 69.7 Å². The second kappa shape index (κ2) is 3.69. The summed E-state index contributed by atoms with van der Waals surface area (Å²) in [4.78, 5) is 0. The van der Waals surface area contributed by atoms with Crippen LogP contribution in [-0.2, 0) is 11.3 Å². The average molecular weight is 175 g/mol. The molecule has 0 saturated heterocycles. The van der Waals surface area contributed by atoms with Crippen molar-refractivity contribution in [2.45, 2.75) is 6.61 Å². The summed E-state index contributed by atoms with van der Waals surface area (Å²) in [6, 6.07) is 4.85. The van der Waals surface area contributed by atoms with Crippen LogP contribution >= 0.6 is 11.6 Å². The molecule has 0 fully saturated rings. The maximum atomic E-state index is 13.0. The van der Waals surface area contributed by atoms with Gasteiger partial charge in [0.15, 0.2) is 0 Å². The Morgan fingerprint density at radius 1 is 1.55 bits per heavy atom. The average Bonchev–Trinajstić information content (AvgIpc) is 1.99. The molecule has 3 heteroatoms. The van der Waals surface area contributed by atoms with E-state index in [1.807, 2.05) is 0 Å². The van der Waals surface area contributed by atoms with Gasteiger partial charge in [-0.2, -0.15) is 0 Å². The van der Waals surface area contributed by atoms with Gasteiger partial charge in [0.05, 0.1) is 11.6 Å². The molecule has 60 valence electrons. The molecule has 0 radical (unpaired) electrons. The summed E-state index contributed by atoms with van der Waals surface area (Å²) >= 11 is 5.52. The van der Waals surface area contributed by atoms with Crippen molar-refractivity contribution >= 4 is 11.6 Å². The van der Waals surface area contributed by atoms with E-state index in [9.17, 15) is 4.39 Å². The van der Waals surface area contributed by atoms with Crippen molar-refractivity contribution in [1.82, 2.24) is 0 Å². The number of ether oxygens (including phenoxy) is 1. The van der Waals surface area contributed by atoms with E-state index >= 15 is 0 Å². The van der Waals surface area contributed by atoms with Gasteiger partial charge in [-0.3, -0.25) is 0 Å². The molecule has 0 aliphatic carbocycles. The van der Waals surface area contributed by atoms with Gasteiger partial charge < -0.3 is 4.74 Å². The molecule has 0 spiro atoms. The van der Waals surface area contributed by atoms with Crippen LogP contribution in [0.1, 0.15) is 5.56 Å². The summed E-state index contributed by atoms with van der Waals surface area (Å²) in [5.74, 6) is -0.393. The van der Waals surface area contributed by atoms with E-state index in [-0.39, 0.29) is 11.6 Å². The van der Waals surface area contributed by atoms with Crippen molar-refractivity contribution in [1.29, 1.82) is 0 Å². The fourth-order valence-electron chi connectivity index (χ4n) is 0.815. The van der Waals surface area contributed by atoms with Crippen LogP contribution in [0.4, 0.5) is 4.39 Å². The van der Waals surface area contributed by atoms with Gasteiger partial charge in [-0.05, 0) is 6.07 Å². The van der Waals surface area contributed by atoms with Gasteiger partial charge in [-0.25, -0.2) is 4.39 Å². The lowest BCUT2D eigenvalue weighted by molar-refractivity contribution is 0.181. The molecule has 0 atom stereocenters. The van der Waals surface area contributed by atoms with E-state index < -0.39 is 5.82 Å². The summed E-state index contributed by atoms with van der Waals surface area (Å²) in [5.41, 5.74) is 0.486. The van der Waals surface area contributed by atoms with Crippen LogP contribution in [0.5, 0.6) is 0 Å². The van der Waals surface area contributed by atoms with E-state index in [1.165, 1.54) is 13.2 Å². The van der Waals surface area contributed by atoms with Crippen molar-refractivity contribution < 1.29 is 9.13 Å². The molecule has 0 aromatic heterocycles. The third-order valence-corrected chi connectivity index (χ3v) is 1.62. The Balaban J connectivity index is 2.96. The first-order chi connectivity index (χ1) is 5.25. The number of methoxy groups -OCH3 is 1. The molecule has 0 N–H and O–H groups in total. The minimum absolute atomic E-state index is 0.138. The quantitative estimate of drug-likeness (QED) is 0.670. The third-order valence-electron chi connectivity index (χ3n) is 1.33. The Bertz CT molecular complexity index is 250. The molecule has 1 rings (SSSR count). The second-order valence-corrected chi connectivity index (χ2v) is 2.55. The molecule has 0 aliphatic heterocycles. The fraction of sp³-hybridized carbons (Fsp3) is 0.250. The summed E-state index contributed by atoms with van der Waals surface area (Å²) in [6.45, 7) is 0.256. The normalized spacial score (nSPS) is 10.1. The van der Waals surface area contributed by atoms with Crippen LogP contribution in [0.3, 0.4) is 0 Å². The minimum Gasteiger partial charge on any atom is -0.380 e. The molecule has 0 saturated carbocycles. The summed E-state index contributed by atoms with van der Waals surface area (Å²) < 4.78 is 17.7. The standard InChI is InChI=1S/C8H8ClFO/c1-11-5-6-3-2-4-7(9)8(6)10/h2-4H,5H2,1H3. The predicted molar refractivity (Wildman–Crippen MR) is 42.1 cm³/mol. The van der Waals surface area contributed by atoms with Gasteiger partial charge >= 0.3 is 0 Å². The molecule has 1 nitrogen and oxygen atoms in total. The van der Waals surface area contributed by atoms with Gasteiger partial charge in [-0.1, -0.05) is 23.7 Å². The monoisotopic (exact) mass is 174 g/mol. The zero-order chi connectivity index (χ0) is 8.27. The van der Waals surface area contributed by atoms with Crippen molar-refractivity contribution in [3.63, 3.8) is 0 Å². The van der Waals surface area contributed by atoms with E-state index in [2.05, 4.69) is 0 Å². The molecule has 0 heterocycles. The van der Waals surface area contributed by atoms with Crippen molar-refractivity contribution in [3.8, 4) is 0 Å². The topological polar surface area (TPSA) is 9.23 Å². The Kier molecular flexibility index (Phi) is 2.85. The Morgan fingerprint density at radius 3 is 2.91 bits per heavy atom. The highest BCUT2D eigenvalue weighted by atomic mass is 35.5. The van der Waals surface area contributed by atoms with E-state index in [4.69, 9.17) is 16.3 Å². The SMILES string of the molecule is COCc1cccc(Cl)c1F. The maximum Gasteiger partial charge on any atom is 0.147 e. The van der Waals surface area contributed by atoms with Crippen molar-refractivity contribution in [3.05, 3.63) is 34.6 Å². The van der Waals surface area contributed by atoms with E-state index in [0.29, 0.717) is 5.56 Å². The number of hydrogen-bond donors (Lipinski definition) is 0. The molecule has 0 aliphatic rings. The maximum absolute atomic E-state index is 13.0. The molecule has 1 aromatic rings. The fourth-order valence-corrected chi connectivity index (χ4v) is 1.01. The second-order valence-electron chi connectivity index (χ2n) is 2.15. The third kappa shape index (κ3) is 1.91. The van der Waals surface area contributed by atoms with Gasteiger partial charge in [0, 0.05) is 12.7 Å². The smallest absolute Gasteiger partial charge is 0.147 e. The van der Waals surface area contributed by atoms with Crippen LogP contribution < -0.4 is 0 Å². The summed E-state index contributed by atoms with van der Waals surface area (Å²) in [7, 11) is 1.51. The molecule has 11 heavy (non-hydrogen) atoms. The highest BCUT2D eigenvalue weighted by molar-refractivity contribution is 6.30. The number of rotatable bonds is 2. The predicted octanol–water partition coefficient (Wildman–Crippen LogP) is 2.63. The van der Waals surface area contributed by atoms with Gasteiger partial charge in [0.25, 0.3) is 0 Å². The van der Waals surface area contributed by atoms with Crippen LogP contribution in [0, 0.1) is 5.82 Å². The van der Waals surface area contributed by atoms with Crippen LogP contribution in [0.15, 0.2) is 18.2 Å². The van der Waals surface area contributed by atoms with Crippen molar-refractivity contribution in [2.75, 3.05) is 7.11 Å². The van der Waals surface area contributed by atoms with Crippen LogP contribution in [-0.4, -0.2) is 7.11 Å². The zero-order valence-electron chi connectivity index (χ0n) is 6.10. The summed E-state index contributed by atoms with van der Waals surface area (Å²) in [5, 5.41) is 0.138.